The van der Waals surface area contributed by atoms with Gasteiger partial charge < -0.3 is 10.8 Å². The molecule has 2 unspecified atom stereocenters. The number of benzene rings is 1. The third kappa shape index (κ3) is 2.87. The van der Waals surface area contributed by atoms with Crippen molar-refractivity contribution in [2.45, 2.75) is 30.7 Å². The van der Waals surface area contributed by atoms with Gasteiger partial charge in [-0.15, -0.1) is 0 Å². The summed E-state index contributed by atoms with van der Waals surface area (Å²) in [5.41, 5.74) is 5.49. The van der Waals surface area contributed by atoms with Crippen LogP contribution in [0.4, 0.5) is 5.69 Å². The topological polar surface area (TPSA) is 109 Å². The fourth-order valence-corrected chi connectivity index (χ4v) is 3.59. The van der Waals surface area contributed by atoms with Crippen LogP contribution >= 0.6 is 0 Å². The van der Waals surface area contributed by atoms with Crippen molar-refractivity contribution in [3.8, 4) is 0 Å². The first-order valence-electron chi connectivity index (χ1n) is 6.00. The van der Waals surface area contributed by atoms with Crippen LogP contribution in [0.15, 0.2) is 23.1 Å². The van der Waals surface area contributed by atoms with Crippen molar-refractivity contribution in [3.63, 3.8) is 0 Å². The van der Waals surface area contributed by atoms with E-state index in [-0.39, 0.29) is 22.2 Å². The van der Waals surface area contributed by atoms with Gasteiger partial charge in [0.05, 0.1) is 10.5 Å². The van der Waals surface area contributed by atoms with Crippen LogP contribution in [-0.2, 0) is 10.0 Å². The molecule has 7 heteroatoms. The van der Waals surface area contributed by atoms with E-state index in [2.05, 4.69) is 4.72 Å². The van der Waals surface area contributed by atoms with Crippen LogP contribution in [0.1, 0.15) is 30.1 Å². The minimum Gasteiger partial charge on any atom is -0.478 e. The SMILES string of the molecule is CCC1CC1NS(=O)(=O)c1cc(N)ccc1C(=O)O. The Kier molecular flexibility index (Phi) is 3.51. The van der Waals surface area contributed by atoms with Crippen LogP contribution in [-0.4, -0.2) is 25.5 Å². The second kappa shape index (κ2) is 4.82. The molecule has 19 heavy (non-hydrogen) atoms. The number of hydrogen-bond acceptors (Lipinski definition) is 4. The molecule has 0 spiro atoms. The lowest BCUT2D eigenvalue weighted by Gasteiger charge is -2.10. The summed E-state index contributed by atoms with van der Waals surface area (Å²) in [6, 6.07) is 3.65. The van der Waals surface area contributed by atoms with Gasteiger partial charge >= 0.3 is 5.97 Å². The summed E-state index contributed by atoms with van der Waals surface area (Å²) in [5, 5.41) is 9.03. The van der Waals surface area contributed by atoms with Crippen molar-refractivity contribution in [1.29, 1.82) is 0 Å². The molecular weight excluding hydrogens is 268 g/mol. The molecule has 0 amide bonds. The van der Waals surface area contributed by atoms with Gasteiger partial charge in [-0.1, -0.05) is 13.3 Å². The van der Waals surface area contributed by atoms with E-state index in [1.807, 2.05) is 6.92 Å². The molecule has 2 rings (SSSR count). The van der Waals surface area contributed by atoms with E-state index >= 15 is 0 Å². The second-order valence-corrected chi connectivity index (χ2v) is 6.37. The Hall–Kier alpha value is -1.60. The largest absolute Gasteiger partial charge is 0.478 e. The molecule has 0 radical (unpaired) electrons. The van der Waals surface area contributed by atoms with E-state index < -0.39 is 16.0 Å². The molecule has 1 aromatic carbocycles. The Balaban J connectivity index is 2.34. The maximum atomic E-state index is 12.2. The maximum Gasteiger partial charge on any atom is 0.337 e. The van der Waals surface area contributed by atoms with Gasteiger partial charge in [0.15, 0.2) is 0 Å². The van der Waals surface area contributed by atoms with E-state index in [9.17, 15) is 13.2 Å². The van der Waals surface area contributed by atoms with Crippen molar-refractivity contribution >= 4 is 21.7 Å². The normalized spacial score (nSPS) is 22.2. The zero-order valence-corrected chi connectivity index (χ0v) is 11.3. The number of carboxylic acids is 1. The number of rotatable bonds is 5. The summed E-state index contributed by atoms with van der Waals surface area (Å²) in [6.45, 7) is 1.99. The quantitative estimate of drug-likeness (QED) is 0.700. The molecule has 6 nitrogen and oxygen atoms in total. The lowest BCUT2D eigenvalue weighted by atomic mass is 10.2. The molecule has 0 heterocycles. The smallest absolute Gasteiger partial charge is 0.337 e. The molecule has 0 bridgehead atoms. The third-order valence-electron chi connectivity index (χ3n) is 3.28. The molecule has 1 fully saturated rings. The number of carbonyl (C=O) groups is 1. The lowest BCUT2D eigenvalue weighted by molar-refractivity contribution is 0.0692. The van der Waals surface area contributed by atoms with E-state index in [4.69, 9.17) is 10.8 Å². The van der Waals surface area contributed by atoms with Crippen molar-refractivity contribution in [2.75, 3.05) is 5.73 Å². The number of nitrogen functional groups attached to an aromatic ring is 1. The summed E-state index contributed by atoms with van der Waals surface area (Å²) in [4.78, 5) is 10.8. The molecule has 1 aliphatic carbocycles. The van der Waals surface area contributed by atoms with Gasteiger partial charge in [-0.3, -0.25) is 0 Å². The summed E-state index contributed by atoms with van der Waals surface area (Å²) in [5.74, 6) is -0.952. The molecule has 1 saturated carbocycles. The molecule has 2 atom stereocenters. The van der Waals surface area contributed by atoms with Gasteiger partial charge in [-0.25, -0.2) is 17.9 Å². The van der Waals surface area contributed by atoms with E-state index in [0.717, 1.165) is 12.8 Å². The average molecular weight is 284 g/mol. The Morgan fingerprint density at radius 2 is 2.21 bits per heavy atom. The number of sulfonamides is 1. The van der Waals surface area contributed by atoms with E-state index in [0.29, 0.717) is 5.92 Å². The summed E-state index contributed by atoms with van der Waals surface area (Å²) in [6.07, 6.45) is 1.69. The van der Waals surface area contributed by atoms with Crippen LogP contribution in [0, 0.1) is 5.92 Å². The molecular formula is C12H16N2O4S. The number of anilines is 1. The van der Waals surface area contributed by atoms with Crippen LogP contribution in [0.3, 0.4) is 0 Å². The molecule has 0 aromatic heterocycles. The van der Waals surface area contributed by atoms with Gasteiger partial charge in [0.2, 0.25) is 10.0 Å². The van der Waals surface area contributed by atoms with Crippen molar-refractivity contribution in [3.05, 3.63) is 23.8 Å². The van der Waals surface area contributed by atoms with Gasteiger partial charge in [-0.2, -0.15) is 0 Å². The standard InChI is InChI=1S/C12H16N2O4S/c1-2-7-5-10(7)14-19(17,18)11-6-8(13)3-4-9(11)12(15)16/h3-4,6-7,10,14H,2,5,13H2,1H3,(H,15,16). The Bertz CT molecular complexity index is 612. The molecule has 104 valence electrons. The molecule has 1 aromatic rings. The first-order valence-corrected chi connectivity index (χ1v) is 7.48. The summed E-state index contributed by atoms with van der Waals surface area (Å²) >= 11 is 0. The molecule has 1 aliphatic rings. The zero-order valence-electron chi connectivity index (χ0n) is 10.5. The lowest BCUT2D eigenvalue weighted by Crippen LogP contribution is -2.28. The highest BCUT2D eigenvalue weighted by atomic mass is 32.2. The number of aromatic carboxylic acids is 1. The van der Waals surface area contributed by atoms with E-state index in [1.165, 1.54) is 18.2 Å². The fraction of sp³-hybridized carbons (Fsp3) is 0.417. The number of carboxylic acid groups (broad SMARTS) is 1. The van der Waals surface area contributed by atoms with Crippen molar-refractivity contribution in [2.24, 2.45) is 5.92 Å². The van der Waals surface area contributed by atoms with Crippen LogP contribution < -0.4 is 10.5 Å². The monoisotopic (exact) mass is 284 g/mol. The first kappa shape index (κ1) is 13.8. The Labute approximate surface area is 111 Å². The van der Waals surface area contributed by atoms with Gasteiger partial charge in [0.25, 0.3) is 0 Å². The fourth-order valence-electron chi connectivity index (χ4n) is 2.04. The Morgan fingerprint density at radius 3 is 2.74 bits per heavy atom. The predicted octanol–water partition coefficient (Wildman–Crippen LogP) is 1.04. The second-order valence-electron chi connectivity index (χ2n) is 4.69. The van der Waals surface area contributed by atoms with Crippen LogP contribution in [0.2, 0.25) is 0 Å². The minimum atomic E-state index is -3.85. The first-order chi connectivity index (χ1) is 8.85. The van der Waals surface area contributed by atoms with Gasteiger partial charge in [0, 0.05) is 11.7 Å². The Morgan fingerprint density at radius 1 is 1.53 bits per heavy atom. The van der Waals surface area contributed by atoms with Crippen LogP contribution in [0.5, 0.6) is 0 Å². The highest BCUT2D eigenvalue weighted by Crippen LogP contribution is 2.34. The number of nitrogens with one attached hydrogen (secondary N) is 1. The van der Waals surface area contributed by atoms with E-state index in [1.54, 1.807) is 0 Å². The maximum absolute atomic E-state index is 12.2. The summed E-state index contributed by atoms with van der Waals surface area (Å²) < 4.78 is 26.9. The number of nitrogens with two attached hydrogens (primary N) is 1. The molecule has 0 saturated heterocycles. The van der Waals surface area contributed by atoms with Crippen molar-refractivity contribution < 1.29 is 18.3 Å². The van der Waals surface area contributed by atoms with Crippen molar-refractivity contribution in [1.82, 2.24) is 4.72 Å². The highest BCUT2D eigenvalue weighted by molar-refractivity contribution is 7.89. The van der Waals surface area contributed by atoms with Gasteiger partial charge in [-0.05, 0) is 30.5 Å². The zero-order chi connectivity index (χ0) is 14.2. The molecule has 0 aliphatic heterocycles. The highest BCUT2D eigenvalue weighted by Gasteiger charge is 2.39. The predicted molar refractivity (Wildman–Crippen MR) is 70.3 cm³/mol. The minimum absolute atomic E-state index is 0.0990. The number of hydrogen-bond donors (Lipinski definition) is 3. The summed E-state index contributed by atoms with van der Waals surface area (Å²) in [7, 11) is -3.85. The third-order valence-corrected chi connectivity index (χ3v) is 4.81. The van der Waals surface area contributed by atoms with Gasteiger partial charge in [0.1, 0.15) is 0 Å². The average Bonchev–Trinajstić information content (AvgIpc) is 3.06. The van der Waals surface area contributed by atoms with Crippen LogP contribution in [0.25, 0.3) is 0 Å². The molecule has 4 N–H and O–H groups in total.